The summed E-state index contributed by atoms with van der Waals surface area (Å²) < 4.78 is 11.7. The van der Waals surface area contributed by atoms with Crippen LogP contribution >= 0.6 is 24.0 Å². The minimum atomic E-state index is -0.0869. The highest BCUT2D eigenvalue weighted by Gasteiger charge is 2.13. The van der Waals surface area contributed by atoms with Crippen LogP contribution in [0.15, 0.2) is 18.2 Å². The Kier molecular flexibility index (Phi) is 6.33. The Hall–Kier alpha value is -1.47. The Morgan fingerprint density at radius 1 is 1.27 bits per heavy atom. The molecule has 7 heteroatoms. The van der Waals surface area contributed by atoms with Crippen LogP contribution in [-0.4, -0.2) is 47.2 Å². The molecule has 0 fully saturated rings. The zero-order valence-electron chi connectivity index (χ0n) is 12.8. The van der Waals surface area contributed by atoms with Gasteiger partial charge in [0.2, 0.25) is 5.91 Å². The molecule has 0 spiro atoms. The predicted molar refractivity (Wildman–Crippen MR) is 94.0 cm³/mol. The summed E-state index contributed by atoms with van der Waals surface area (Å²) >= 11 is 6.69. The quantitative estimate of drug-likeness (QED) is 0.832. The number of carbonyl (C=O) groups is 1. The average molecular weight is 340 g/mol. The molecule has 1 heterocycles. The van der Waals surface area contributed by atoms with Crippen LogP contribution in [0.25, 0.3) is 0 Å². The van der Waals surface area contributed by atoms with Crippen molar-refractivity contribution in [3.05, 3.63) is 18.2 Å². The maximum absolute atomic E-state index is 12.0. The first-order chi connectivity index (χ1) is 10.6. The van der Waals surface area contributed by atoms with Crippen molar-refractivity contribution in [1.29, 1.82) is 0 Å². The lowest BCUT2D eigenvalue weighted by atomic mass is 10.2. The van der Waals surface area contributed by atoms with Gasteiger partial charge in [-0.1, -0.05) is 24.0 Å². The lowest BCUT2D eigenvalue weighted by Gasteiger charge is -2.21. The summed E-state index contributed by atoms with van der Waals surface area (Å²) in [7, 11) is 0. The van der Waals surface area contributed by atoms with Gasteiger partial charge in [-0.15, -0.1) is 0 Å². The first-order valence-corrected chi connectivity index (χ1v) is 8.64. The molecule has 0 unspecified atom stereocenters. The minimum absolute atomic E-state index is 0.0869. The van der Waals surface area contributed by atoms with Crippen LogP contribution in [0.4, 0.5) is 5.69 Å². The fourth-order valence-corrected chi connectivity index (χ4v) is 3.22. The number of anilines is 1. The second kappa shape index (κ2) is 8.24. The second-order valence-electron chi connectivity index (χ2n) is 4.63. The third kappa shape index (κ3) is 4.51. The number of hydrogen-bond acceptors (Lipinski definition) is 5. The Morgan fingerprint density at radius 2 is 1.95 bits per heavy atom. The maximum Gasteiger partial charge on any atom is 0.234 e. The number of amides is 1. The van der Waals surface area contributed by atoms with E-state index in [9.17, 15) is 4.79 Å². The Labute approximate surface area is 140 Å². The number of nitrogens with zero attached hydrogens (tertiary/aromatic N) is 1. The number of ether oxygens (including phenoxy) is 2. The van der Waals surface area contributed by atoms with Gasteiger partial charge in [0, 0.05) is 24.8 Å². The number of benzene rings is 1. The fraction of sp³-hybridized carbons (Fsp3) is 0.467. The van der Waals surface area contributed by atoms with Crippen molar-refractivity contribution in [2.75, 3.05) is 37.4 Å². The predicted octanol–water partition coefficient (Wildman–Crippen LogP) is 2.76. The molecular weight excluding hydrogens is 320 g/mol. The van der Waals surface area contributed by atoms with Gasteiger partial charge in [-0.3, -0.25) is 4.79 Å². The topological polar surface area (TPSA) is 50.8 Å². The molecule has 1 aromatic rings. The van der Waals surface area contributed by atoms with E-state index in [1.54, 1.807) is 18.2 Å². The highest BCUT2D eigenvalue weighted by Crippen LogP contribution is 2.32. The molecule has 0 atom stereocenters. The lowest BCUT2D eigenvalue weighted by molar-refractivity contribution is -0.113. The van der Waals surface area contributed by atoms with Gasteiger partial charge in [-0.05, 0) is 26.0 Å². The van der Waals surface area contributed by atoms with Crippen molar-refractivity contribution in [2.45, 2.75) is 13.8 Å². The number of fused-ring (bicyclic) bond motifs is 1. The average Bonchev–Trinajstić information content (AvgIpc) is 2.54. The molecule has 0 saturated carbocycles. The van der Waals surface area contributed by atoms with Gasteiger partial charge < -0.3 is 19.7 Å². The zero-order chi connectivity index (χ0) is 15.9. The van der Waals surface area contributed by atoms with Crippen molar-refractivity contribution < 1.29 is 14.3 Å². The zero-order valence-corrected chi connectivity index (χ0v) is 14.4. The van der Waals surface area contributed by atoms with E-state index < -0.39 is 0 Å². The van der Waals surface area contributed by atoms with Crippen LogP contribution in [0.2, 0.25) is 0 Å². The lowest BCUT2D eigenvalue weighted by Crippen LogP contribution is -2.28. The highest BCUT2D eigenvalue weighted by molar-refractivity contribution is 8.23. The van der Waals surface area contributed by atoms with Crippen molar-refractivity contribution in [2.24, 2.45) is 0 Å². The van der Waals surface area contributed by atoms with E-state index in [0.29, 0.717) is 36.2 Å². The van der Waals surface area contributed by atoms with Gasteiger partial charge in [-0.2, -0.15) is 0 Å². The van der Waals surface area contributed by atoms with Crippen molar-refractivity contribution in [3.63, 3.8) is 0 Å². The first-order valence-electron chi connectivity index (χ1n) is 7.25. The number of thiocarbonyl (C=S) groups is 1. The molecule has 1 amide bonds. The third-order valence-corrected chi connectivity index (χ3v) is 4.70. The van der Waals surface area contributed by atoms with Crippen molar-refractivity contribution in [1.82, 2.24) is 4.90 Å². The number of rotatable bonds is 5. The monoisotopic (exact) mass is 340 g/mol. The number of thioether (sulfide) groups is 1. The molecule has 0 aliphatic carbocycles. The third-order valence-electron chi connectivity index (χ3n) is 3.17. The fourth-order valence-electron chi connectivity index (χ4n) is 2.02. The van der Waals surface area contributed by atoms with Crippen molar-refractivity contribution in [3.8, 4) is 11.5 Å². The summed E-state index contributed by atoms with van der Waals surface area (Å²) in [6.45, 7) is 6.88. The molecular formula is C15H20N2O3S2. The van der Waals surface area contributed by atoms with Gasteiger partial charge in [0.05, 0.1) is 5.75 Å². The normalized spacial score (nSPS) is 12.6. The van der Waals surface area contributed by atoms with Crippen LogP contribution in [0.3, 0.4) is 0 Å². The summed E-state index contributed by atoms with van der Waals surface area (Å²) in [6.07, 6.45) is 0. The summed E-state index contributed by atoms with van der Waals surface area (Å²) in [4.78, 5) is 14.1. The maximum atomic E-state index is 12.0. The van der Waals surface area contributed by atoms with Crippen molar-refractivity contribution >= 4 is 39.9 Å². The Balaban J connectivity index is 1.85. The molecule has 0 radical (unpaired) electrons. The highest BCUT2D eigenvalue weighted by atomic mass is 32.2. The number of carbonyl (C=O) groups excluding carboxylic acids is 1. The van der Waals surface area contributed by atoms with Crippen LogP contribution < -0.4 is 14.8 Å². The van der Waals surface area contributed by atoms with Gasteiger partial charge in [0.15, 0.2) is 11.5 Å². The van der Waals surface area contributed by atoms with Crippen LogP contribution in [0.5, 0.6) is 11.5 Å². The molecule has 1 N–H and O–H groups in total. The second-order valence-corrected chi connectivity index (χ2v) is 6.24. The molecule has 2 rings (SSSR count). The smallest absolute Gasteiger partial charge is 0.234 e. The number of nitrogens with one attached hydrogen (secondary N) is 1. The molecule has 120 valence electrons. The van der Waals surface area contributed by atoms with E-state index >= 15 is 0 Å². The minimum Gasteiger partial charge on any atom is -0.486 e. The summed E-state index contributed by atoms with van der Waals surface area (Å²) in [5, 5.41) is 2.85. The first kappa shape index (κ1) is 16.9. The van der Waals surface area contributed by atoms with Crippen LogP contribution in [0.1, 0.15) is 13.8 Å². The van der Waals surface area contributed by atoms with Crippen LogP contribution in [-0.2, 0) is 4.79 Å². The molecule has 0 aromatic heterocycles. The van der Waals surface area contributed by atoms with E-state index in [1.165, 1.54) is 11.8 Å². The molecule has 1 aliphatic rings. The largest absolute Gasteiger partial charge is 0.486 e. The van der Waals surface area contributed by atoms with Gasteiger partial charge in [-0.25, -0.2) is 0 Å². The van der Waals surface area contributed by atoms with E-state index in [0.717, 1.165) is 17.4 Å². The molecule has 0 bridgehead atoms. The van der Waals surface area contributed by atoms with E-state index in [4.69, 9.17) is 21.7 Å². The van der Waals surface area contributed by atoms with Gasteiger partial charge in [0.1, 0.15) is 17.5 Å². The standard InChI is InChI=1S/C15H20N2O3S2/c1-3-17(4-2)15(21)22-10-14(18)16-11-5-6-12-13(9-11)20-8-7-19-12/h5-6,9H,3-4,7-8,10H2,1-2H3,(H,16,18). The molecule has 1 aliphatic heterocycles. The van der Waals surface area contributed by atoms with Gasteiger partial charge >= 0.3 is 0 Å². The molecule has 22 heavy (non-hydrogen) atoms. The van der Waals surface area contributed by atoms with Gasteiger partial charge in [0.25, 0.3) is 0 Å². The molecule has 5 nitrogen and oxygen atoms in total. The SMILES string of the molecule is CCN(CC)C(=S)SCC(=O)Nc1ccc2c(c1)OCCO2. The molecule has 0 saturated heterocycles. The van der Waals surface area contributed by atoms with E-state index in [2.05, 4.69) is 10.2 Å². The van der Waals surface area contributed by atoms with E-state index in [1.807, 2.05) is 13.8 Å². The van der Waals surface area contributed by atoms with Crippen LogP contribution in [0, 0.1) is 0 Å². The Morgan fingerprint density at radius 3 is 2.64 bits per heavy atom. The number of hydrogen-bond donors (Lipinski definition) is 1. The molecule has 1 aromatic carbocycles. The Bertz CT molecular complexity index is 548. The summed E-state index contributed by atoms with van der Waals surface area (Å²) in [5.74, 6) is 1.58. The summed E-state index contributed by atoms with van der Waals surface area (Å²) in [6, 6.07) is 5.39. The van der Waals surface area contributed by atoms with E-state index in [-0.39, 0.29) is 5.91 Å². The summed E-state index contributed by atoms with van der Waals surface area (Å²) in [5.41, 5.74) is 0.698.